The maximum Gasteiger partial charge on any atom is 0.149 e. The Labute approximate surface area is 170 Å². The Morgan fingerprint density at radius 2 is 1.48 bits per heavy atom. The van der Waals surface area contributed by atoms with Gasteiger partial charge in [0.2, 0.25) is 0 Å². The van der Waals surface area contributed by atoms with Crippen molar-refractivity contribution in [2.24, 2.45) is 0 Å². The Kier molecular flexibility index (Phi) is 4.49. The number of hydrogen-bond donors (Lipinski definition) is 0. The Morgan fingerprint density at radius 3 is 2.14 bits per heavy atom. The predicted molar refractivity (Wildman–Crippen MR) is 117 cm³/mol. The lowest BCUT2D eigenvalue weighted by molar-refractivity contribution is -0.105. The molecule has 29 heavy (non-hydrogen) atoms. The van der Waals surface area contributed by atoms with Gasteiger partial charge in [-0.3, -0.25) is 4.79 Å². The van der Waals surface area contributed by atoms with E-state index in [1.807, 2.05) is 36.4 Å². The summed E-state index contributed by atoms with van der Waals surface area (Å²) in [7, 11) is 0. The highest BCUT2D eigenvalue weighted by molar-refractivity contribution is 5.82. The summed E-state index contributed by atoms with van der Waals surface area (Å²) in [6.07, 6.45) is 5.84. The molecule has 3 aromatic rings. The van der Waals surface area contributed by atoms with Crippen molar-refractivity contribution in [3.05, 3.63) is 101 Å². The SMILES string of the molecule is O=CC1=C2Oc3cc(N(c4ccccc4)c4ccccc4)ccc3C=C2CCC1. The van der Waals surface area contributed by atoms with Crippen molar-refractivity contribution in [2.75, 3.05) is 4.90 Å². The lowest BCUT2D eigenvalue weighted by Gasteiger charge is -2.29. The van der Waals surface area contributed by atoms with Crippen LogP contribution < -0.4 is 9.64 Å². The van der Waals surface area contributed by atoms with Gasteiger partial charge in [-0.15, -0.1) is 0 Å². The number of fused-ring (bicyclic) bond motifs is 2. The van der Waals surface area contributed by atoms with E-state index in [0.717, 1.165) is 70.8 Å². The predicted octanol–water partition coefficient (Wildman–Crippen LogP) is 6.57. The van der Waals surface area contributed by atoms with Gasteiger partial charge in [0.15, 0.2) is 0 Å². The second-order valence-electron chi connectivity index (χ2n) is 7.33. The van der Waals surface area contributed by atoms with E-state index in [9.17, 15) is 4.79 Å². The number of carbonyl (C=O) groups excluding carboxylic acids is 1. The summed E-state index contributed by atoms with van der Waals surface area (Å²) in [4.78, 5) is 13.7. The zero-order valence-electron chi connectivity index (χ0n) is 16.0. The highest BCUT2D eigenvalue weighted by Crippen LogP contribution is 2.42. The van der Waals surface area contributed by atoms with E-state index in [-0.39, 0.29) is 0 Å². The van der Waals surface area contributed by atoms with Gasteiger partial charge in [-0.2, -0.15) is 0 Å². The number of rotatable bonds is 4. The average molecular weight is 379 g/mol. The number of nitrogens with zero attached hydrogens (tertiary/aromatic N) is 1. The van der Waals surface area contributed by atoms with Crippen LogP contribution in [0.4, 0.5) is 17.1 Å². The number of ether oxygens (including phenoxy) is 1. The molecule has 5 rings (SSSR count). The molecule has 3 heteroatoms. The molecule has 0 saturated carbocycles. The van der Waals surface area contributed by atoms with E-state index in [1.54, 1.807) is 0 Å². The molecule has 0 aromatic heterocycles. The third-order valence-corrected chi connectivity index (χ3v) is 5.44. The lowest BCUT2D eigenvalue weighted by atomic mass is 9.90. The number of benzene rings is 3. The van der Waals surface area contributed by atoms with Crippen LogP contribution in [0.3, 0.4) is 0 Å². The van der Waals surface area contributed by atoms with Gasteiger partial charge in [0, 0.05) is 34.3 Å². The summed E-state index contributed by atoms with van der Waals surface area (Å²) in [5.41, 5.74) is 6.12. The summed E-state index contributed by atoms with van der Waals surface area (Å²) in [5, 5.41) is 0. The van der Waals surface area contributed by atoms with Crippen LogP contribution >= 0.6 is 0 Å². The van der Waals surface area contributed by atoms with Gasteiger partial charge >= 0.3 is 0 Å². The van der Waals surface area contributed by atoms with Gasteiger partial charge in [-0.25, -0.2) is 0 Å². The average Bonchev–Trinajstić information content (AvgIpc) is 2.79. The molecule has 0 bridgehead atoms. The maximum absolute atomic E-state index is 11.5. The van der Waals surface area contributed by atoms with Crippen molar-refractivity contribution < 1.29 is 9.53 Å². The van der Waals surface area contributed by atoms with Crippen LogP contribution in [0.1, 0.15) is 24.8 Å². The van der Waals surface area contributed by atoms with E-state index < -0.39 is 0 Å². The molecule has 2 aliphatic rings. The molecule has 3 nitrogen and oxygen atoms in total. The Morgan fingerprint density at radius 1 is 0.793 bits per heavy atom. The monoisotopic (exact) mass is 379 g/mol. The first-order chi connectivity index (χ1) is 14.3. The van der Waals surface area contributed by atoms with Gasteiger partial charge in [0.1, 0.15) is 17.8 Å². The van der Waals surface area contributed by atoms with E-state index in [1.165, 1.54) is 0 Å². The van der Waals surface area contributed by atoms with Gasteiger partial charge in [-0.1, -0.05) is 36.4 Å². The Bertz CT molecular complexity index is 1070. The minimum absolute atomic E-state index is 0.752. The molecule has 0 radical (unpaired) electrons. The molecule has 0 saturated heterocycles. The molecule has 0 atom stereocenters. The van der Waals surface area contributed by atoms with E-state index in [4.69, 9.17) is 4.74 Å². The van der Waals surface area contributed by atoms with Crippen LogP contribution in [-0.2, 0) is 4.79 Å². The number of carbonyl (C=O) groups is 1. The quantitative estimate of drug-likeness (QED) is 0.480. The van der Waals surface area contributed by atoms with Crippen LogP contribution in [0.5, 0.6) is 5.75 Å². The topological polar surface area (TPSA) is 29.5 Å². The third-order valence-electron chi connectivity index (χ3n) is 5.44. The molecule has 0 unspecified atom stereocenters. The first-order valence-electron chi connectivity index (χ1n) is 9.95. The van der Waals surface area contributed by atoms with Crippen LogP contribution in [0.2, 0.25) is 0 Å². The fourth-order valence-corrected chi connectivity index (χ4v) is 4.05. The molecule has 3 aromatic carbocycles. The molecule has 1 heterocycles. The number of aldehydes is 1. The number of hydrogen-bond acceptors (Lipinski definition) is 3. The minimum atomic E-state index is 0.752. The number of allylic oxidation sites excluding steroid dienone is 2. The van der Waals surface area contributed by atoms with Crippen molar-refractivity contribution >= 4 is 29.4 Å². The lowest BCUT2D eigenvalue weighted by Crippen LogP contribution is -2.14. The highest BCUT2D eigenvalue weighted by atomic mass is 16.5. The minimum Gasteiger partial charge on any atom is -0.456 e. The Balaban J connectivity index is 1.62. The van der Waals surface area contributed by atoms with E-state index in [2.05, 4.69) is 53.4 Å². The van der Waals surface area contributed by atoms with Crippen LogP contribution in [0.15, 0.2) is 95.8 Å². The zero-order valence-corrected chi connectivity index (χ0v) is 16.0. The second kappa shape index (κ2) is 7.44. The third kappa shape index (κ3) is 3.25. The molecular weight excluding hydrogens is 358 g/mol. The molecular formula is C26H21NO2. The van der Waals surface area contributed by atoms with Gasteiger partial charge in [0.25, 0.3) is 0 Å². The molecule has 142 valence electrons. The van der Waals surface area contributed by atoms with Crippen LogP contribution in [0.25, 0.3) is 6.08 Å². The van der Waals surface area contributed by atoms with E-state index >= 15 is 0 Å². The fourth-order valence-electron chi connectivity index (χ4n) is 4.05. The maximum atomic E-state index is 11.5. The molecule has 0 amide bonds. The van der Waals surface area contributed by atoms with Gasteiger partial charge < -0.3 is 9.64 Å². The van der Waals surface area contributed by atoms with Crippen molar-refractivity contribution in [1.29, 1.82) is 0 Å². The van der Waals surface area contributed by atoms with Gasteiger partial charge in [-0.05, 0) is 67.3 Å². The Hall–Kier alpha value is -3.59. The summed E-state index contributed by atoms with van der Waals surface area (Å²) >= 11 is 0. The zero-order chi connectivity index (χ0) is 19.6. The summed E-state index contributed by atoms with van der Waals surface area (Å²) in [5.74, 6) is 1.54. The number of anilines is 3. The molecule has 1 aliphatic heterocycles. The van der Waals surface area contributed by atoms with Crippen molar-refractivity contribution in [2.45, 2.75) is 19.3 Å². The van der Waals surface area contributed by atoms with Crippen LogP contribution in [-0.4, -0.2) is 6.29 Å². The first kappa shape index (κ1) is 17.5. The molecule has 1 aliphatic carbocycles. The number of para-hydroxylation sites is 2. The normalized spacial score (nSPS) is 15.0. The largest absolute Gasteiger partial charge is 0.456 e. The molecule has 0 N–H and O–H groups in total. The fraction of sp³-hybridized carbons (Fsp3) is 0.115. The second-order valence-corrected chi connectivity index (χ2v) is 7.33. The molecule has 0 fully saturated rings. The van der Waals surface area contributed by atoms with Gasteiger partial charge in [0.05, 0.1) is 0 Å². The van der Waals surface area contributed by atoms with E-state index in [0.29, 0.717) is 0 Å². The van der Waals surface area contributed by atoms with Crippen LogP contribution in [0, 0.1) is 0 Å². The molecule has 0 spiro atoms. The van der Waals surface area contributed by atoms with Crippen molar-refractivity contribution in [1.82, 2.24) is 0 Å². The summed E-state index contributed by atoms with van der Waals surface area (Å²) in [6, 6.07) is 26.9. The summed E-state index contributed by atoms with van der Waals surface area (Å²) < 4.78 is 6.26. The van der Waals surface area contributed by atoms with Crippen molar-refractivity contribution in [3.63, 3.8) is 0 Å². The van der Waals surface area contributed by atoms with Crippen molar-refractivity contribution in [3.8, 4) is 5.75 Å². The highest BCUT2D eigenvalue weighted by Gasteiger charge is 2.25. The first-order valence-corrected chi connectivity index (χ1v) is 9.95. The smallest absolute Gasteiger partial charge is 0.149 e. The standard InChI is InChI=1S/C26H21NO2/c28-18-21-9-7-8-20-16-19-14-15-24(17-25(19)29-26(20)21)27(22-10-3-1-4-11-22)23-12-5-2-6-13-23/h1-6,10-18H,7-9H2. The summed E-state index contributed by atoms with van der Waals surface area (Å²) in [6.45, 7) is 0.